The van der Waals surface area contributed by atoms with Crippen molar-refractivity contribution in [1.82, 2.24) is 5.32 Å². The Bertz CT molecular complexity index is 480. The molecule has 1 aromatic carbocycles. The number of benzene rings is 1. The maximum absolute atomic E-state index is 11.4. The van der Waals surface area contributed by atoms with E-state index in [2.05, 4.69) is 5.32 Å². The predicted octanol–water partition coefficient (Wildman–Crippen LogP) is 1.44. The fraction of sp³-hybridized carbons (Fsp3) is 0.308. The number of aliphatic carboxylic acids is 1. The standard InChI is InChI=1S/C13H14N2O3S/c14-6-1-7-15-12(16)9-19-11-4-2-10(3-5-11)8-13(17)18/h2-5H,1,7-9H2,(H,15,16)(H,17,18). The number of carboxylic acid groups (broad SMARTS) is 1. The van der Waals surface area contributed by atoms with Crippen LogP contribution < -0.4 is 5.32 Å². The first kappa shape index (κ1) is 15.1. The molecule has 0 radical (unpaired) electrons. The summed E-state index contributed by atoms with van der Waals surface area (Å²) < 4.78 is 0. The van der Waals surface area contributed by atoms with Gasteiger partial charge in [0.1, 0.15) is 0 Å². The molecule has 6 heteroatoms. The van der Waals surface area contributed by atoms with Crippen molar-refractivity contribution >= 4 is 23.6 Å². The van der Waals surface area contributed by atoms with E-state index in [1.54, 1.807) is 24.3 Å². The summed E-state index contributed by atoms with van der Waals surface area (Å²) in [6.07, 6.45) is 0.305. The normalized spacial score (nSPS) is 9.63. The number of nitrogens with one attached hydrogen (secondary N) is 1. The zero-order valence-corrected chi connectivity index (χ0v) is 11.1. The first-order chi connectivity index (χ1) is 9.11. The van der Waals surface area contributed by atoms with E-state index in [9.17, 15) is 9.59 Å². The van der Waals surface area contributed by atoms with Crippen molar-refractivity contribution in [2.75, 3.05) is 12.3 Å². The van der Waals surface area contributed by atoms with Crippen LogP contribution in [0.3, 0.4) is 0 Å². The second kappa shape index (κ2) is 8.16. The molecule has 0 heterocycles. The van der Waals surface area contributed by atoms with Crippen LogP contribution in [0.5, 0.6) is 0 Å². The quantitative estimate of drug-likeness (QED) is 0.581. The number of carbonyl (C=O) groups is 2. The molecule has 0 unspecified atom stereocenters. The Balaban J connectivity index is 2.35. The number of amides is 1. The van der Waals surface area contributed by atoms with Crippen LogP contribution in [0.4, 0.5) is 0 Å². The fourth-order valence-electron chi connectivity index (χ4n) is 1.34. The highest BCUT2D eigenvalue weighted by atomic mass is 32.2. The summed E-state index contributed by atoms with van der Waals surface area (Å²) in [6, 6.07) is 9.02. The zero-order chi connectivity index (χ0) is 14.1. The first-order valence-electron chi connectivity index (χ1n) is 5.69. The van der Waals surface area contributed by atoms with Crippen LogP contribution in [-0.2, 0) is 16.0 Å². The van der Waals surface area contributed by atoms with E-state index < -0.39 is 5.97 Å². The topological polar surface area (TPSA) is 90.2 Å². The molecule has 5 nitrogen and oxygen atoms in total. The van der Waals surface area contributed by atoms with Gasteiger partial charge in [0.25, 0.3) is 0 Å². The molecule has 19 heavy (non-hydrogen) atoms. The van der Waals surface area contributed by atoms with E-state index in [0.29, 0.717) is 13.0 Å². The molecule has 0 fully saturated rings. The Morgan fingerprint density at radius 1 is 1.32 bits per heavy atom. The molecule has 0 aliphatic heterocycles. The lowest BCUT2D eigenvalue weighted by Gasteiger charge is -2.04. The molecule has 0 bridgehead atoms. The van der Waals surface area contributed by atoms with Crippen molar-refractivity contribution in [3.05, 3.63) is 29.8 Å². The molecule has 100 valence electrons. The Kier molecular flexibility index (Phi) is 6.47. The predicted molar refractivity (Wildman–Crippen MR) is 71.7 cm³/mol. The van der Waals surface area contributed by atoms with Gasteiger partial charge < -0.3 is 10.4 Å². The number of hydrogen-bond acceptors (Lipinski definition) is 4. The van der Waals surface area contributed by atoms with Crippen molar-refractivity contribution in [3.8, 4) is 6.07 Å². The second-order valence-corrected chi connectivity index (χ2v) is 4.81. The van der Waals surface area contributed by atoms with E-state index in [-0.39, 0.29) is 18.1 Å². The van der Waals surface area contributed by atoms with Crippen molar-refractivity contribution < 1.29 is 14.7 Å². The Labute approximate surface area is 115 Å². The number of nitrogens with zero attached hydrogens (tertiary/aromatic N) is 1. The summed E-state index contributed by atoms with van der Waals surface area (Å²) in [6.45, 7) is 0.368. The summed E-state index contributed by atoms with van der Waals surface area (Å²) >= 11 is 1.37. The summed E-state index contributed by atoms with van der Waals surface area (Å²) in [5, 5.41) is 19.6. The van der Waals surface area contributed by atoms with Crippen molar-refractivity contribution in [3.63, 3.8) is 0 Å². The molecular weight excluding hydrogens is 264 g/mol. The molecule has 0 atom stereocenters. The van der Waals surface area contributed by atoms with E-state index in [4.69, 9.17) is 10.4 Å². The number of nitriles is 1. The van der Waals surface area contributed by atoms with Gasteiger partial charge in [0, 0.05) is 11.4 Å². The van der Waals surface area contributed by atoms with Gasteiger partial charge >= 0.3 is 5.97 Å². The van der Waals surface area contributed by atoms with Crippen molar-refractivity contribution in [1.29, 1.82) is 5.26 Å². The molecule has 1 aromatic rings. The lowest BCUT2D eigenvalue weighted by molar-refractivity contribution is -0.136. The Hall–Kier alpha value is -2.00. The molecule has 0 aliphatic carbocycles. The molecule has 2 N–H and O–H groups in total. The molecule has 1 amide bonds. The number of hydrogen-bond donors (Lipinski definition) is 2. The Morgan fingerprint density at radius 2 is 2.00 bits per heavy atom. The smallest absolute Gasteiger partial charge is 0.307 e. The van der Waals surface area contributed by atoms with Gasteiger partial charge in [-0.3, -0.25) is 9.59 Å². The minimum atomic E-state index is -0.864. The average molecular weight is 278 g/mol. The minimum Gasteiger partial charge on any atom is -0.481 e. The number of carboxylic acids is 1. The van der Waals surface area contributed by atoms with Crippen LogP contribution in [0.15, 0.2) is 29.2 Å². The van der Waals surface area contributed by atoms with E-state index in [0.717, 1.165) is 10.5 Å². The van der Waals surface area contributed by atoms with Crippen LogP contribution in [0.1, 0.15) is 12.0 Å². The highest BCUT2D eigenvalue weighted by Gasteiger charge is 2.03. The van der Waals surface area contributed by atoms with Crippen LogP contribution >= 0.6 is 11.8 Å². The Morgan fingerprint density at radius 3 is 2.58 bits per heavy atom. The van der Waals surface area contributed by atoms with Gasteiger partial charge in [-0.25, -0.2) is 0 Å². The van der Waals surface area contributed by atoms with Gasteiger partial charge in [0.2, 0.25) is 5.91 Å². The molecule has 0 saturated heterocycles. The molecular formula is C13H14N2O3S. The number of thioether (sulfide) groups is 1. The summed E-state index contributed by atoms with van der Waals surface area (Å²) in [4.78, 5) is 22.8. The molecule has 0 spiro atoms. The largest absolute Gasteiger partial charge is 0.481 e. The average Bonchev–Trinajstić information content (AvgIpc) is 2.37. The summed E-state index contributed by atoms with van der Waals surface area (Å²) in [5.41, 5.74) is 0.732. The lowest BCUT2D eigenvalue weighted by atomic mass is 10.2. The number of carbonyl (C=O) groups excluding carboxylic acids is 1. The monoisotopic (exact) mass is 278 g/mol. The van der Waals surface area contributed by atoms with Crippen LogP contribution in [0.2, 0.25) is 0 Å². The minimum absolute atomic E-state index is 0.000404. The highest BCUT2D eigenvalue weighted by Crippen LogP contribution is 2.18. The van der Waals surface area contributed by atoms with Gasteiger partial charge in [-0.05, 0) is 17.7 Å². The number of rotatable bonds is 7. The molecule has 0 aliphatic rings. The zero-order valence-electron chi connectivity index (χ0n) is 10.3. The van der Waals surface area contributed by atoms with E-state index in [1.165, 1.54) is 11.8 Å². The van der Waals surface area contributed by atoms with Crippen molar-refractivity contribution in [2.24, 2.45) is 0 Å². The van der Waals surface area contributed by atoms with Crippen molar-refractivity contribution in [2.45, 2.75) is 17.7 Å². The van der Waals surface area contributed by atoms with E-state index >= 15 is 0 Å². The van der Waals surface area contributed by atoms with Crippen LogP contribution in [0.25, 0.3) is 0 Å². The van der Waals surface area contributed by atoms with Gasteiger partial charge in [0.05, 0.1) is 24.7 Å². The van der Waals surface area contributed by atoms with Gasteiger partial charge in [0.15, 0.2) is 0 Å². The van der Waals surface area contributed by atoms with Gasteiger partial charge in [-0.1, -0.05) is 12.1 Å². The lowest BCUT2D eigenvalue weighted by Crippen LogP contribution is -2.25. The molecule has 1 rings (SSSR count). The maximum Gasteiger partial charge on any atom is 0.307 e. The molecule has 0 aromatic heterocycles. The highest BCUT2D eigenvalue weighted by molar-refractivity contribution is 8.00. The van der Waals surface area contributed by atoms with Gasteiger partial charge in [-0.15, -0.1) is 11.8 Å². The fourth-order valence-corrected chi connectivity index (χ4v) is 2.06. The van der Waals surface area contributed by atoms with E-state index in [1.807, 2.05) is 6.07 Å². The maximum atomic E-state index is 11.4. The third-order valence-corrected chi connectivity index (χ3v) is 3.22. The third-order valence-electron chi connectivity index (χ3n) is 2.21. The van der Waals surface area contributed by atoms with Crippen LogP contribution in [-0.4, -0.2) is 29.3 Å². The SMILES string of the molecule is N#CCCNC(=O)CSc1ccc(CC(=O)O)cc1. The first-order valence-corrected chi connectivity index (χ1v) is 6.67. The molecule has 0 saturated carbocycles. The summed E-state index contributed by atoms with van der Waals surface area (Å²) in [7, 11) is 0. The van der Waals surface area contributed by atoms with Crippen LogP contribution in [0, 0.1) is 11.3 Å². The van der Waals surface area contributed by atoms with Gasteiger partial charge in [-0.2, -0.15) is 5.26 Å². The third kappa shape index (κ3) is 6.48. The summed E-state index contributed by atoms with van der Waals surface area (Å²) in [5.74, 6) is -0.698. The second-order valence-electron chi connectivity index (χ2n) is 3.76.